The Hall–Kier alpha value is -3.71. The number of aromatic nitrogens is 2. The van der Waals surface area contributed by atoms with Crippen molar-refractivity contribution < 1.29 is 14.6 Å². The van der Waals surface area contributed by atoms with Crippen molar-refractivity contribution in [3.05, 3.63) is 79.1 Å². The molecule has 1 saturated heterocycles. The number of hydrogen-bond acceptors (Lipinski definition) is 6. The summed E-state index contributed by atoms with van der Waals surface area (Å²) in [4.78, 5) is 23.8. The summed E-state index contributed by atoms with van der Waals surface area (Å²) in [7, 11) is 0. The average molecular weight is 458 g/mol. The molecular weight excluding hydrogens is 434 g/mol. The normalized spacial score (nSPS) is 15.5. The predicted octanol–water partition coefficient (Wildman–Crippen LogP) is 6.11. The van der Waals surface area contributed by atoms with Crippen LogP contribution in [0.1, 0.15) is 19.3 Å². The number of para-hydroxylation sites is 1. The first-order chi connectivity index (χ1) is 16.2. The topological polar surface area (TPSA) is 75.5 Å². The molecule has 33 heavy (non-hydrogen) atoms. The third-order valence-electron chi connectivity index (χ3n) is 5.68. The van der Waals surface area contributed by atoms with Gasteiger partial charge in [-0.3, -0.25) is 9.78 Å². The summed E-state index contributed by atoms with van der Waals surface area (Å²) >= 11 is 1.59. The third kappa shape index (κ3) is 4.73. The zero-order chi connectivity index (χ0) is 22.6. The Morgan fingerprint density at radius 2 is 1.82 bits per heavy atom. The first-order valence-electron chi connectivity index (χ1n) is 10.9. The number of ether oxygens (including phenoxy) is 1. The standard InChI is InChI=1S/C26H23N3O3S/c30-23(31)16-20-7-5-15-29(20)26-28-24(25(33-26)19-6-4-14-27-17-19)18-10-12-22(13-11-18)32-21-8-2-1-3-9-21/h1-4,6,8-14,17,20H,5,7,15-16H2,(H,30,31). The van der Waals surface area contributed by atoms with Gasteiger partial charge >= 0.3 is 5.97 Å². The van der Waals surface area contributed by atoms with Crippen LogP contribution in [0, 0.1) is 0 Å². The van der Waals surface area contributed by atoms with Crippen LogP contribution < -0.4 is 9.64 Å². The van der Waals surface area contributed by atoms with Crippen LogP contribution in [0.2, 0.25) is 0 Å². The smallest absolute Gasteiger partial charge is 0.305 e. The largest absolute Gasteiger partial charge is 0.481 e. The Morgan fingerprint density at radius 3 is 2.55 bits per heavy atom. The van der Waals surface area contributed by atoms with Crippen molar-refractivity contribution in [2.45, 2.75) is 25.3 Å². The second-order valence-corrected chi connectivity index (χ2v) is 8.92. The molecule has 1 aliphatic rings. The number of rotatable bonds is 7. The van der Waals surface area contributed by atoms with E-state index in [-0.39, 0.29) is 12.5 Å². The van der Waals surface area contributed by atoms with Gasteiger partial charge in [-0.05, 0) is 55.3 Å². The maximum absolute atomic E-state index is 11.3. The molecular formula is C26H23N3O3S. The lowest BCUT2D eigenvalue weighted by Gasteiger charge is -2.22. The molecule has 0 bridgehead atoms. The molecule has 4 aromatic rings. The van der Waals surface area contributed by atoms with Gasteiger partial charge in [-0.25, -0.2) is 4.98 Å². The van der Waals surface area contributed by atoms with Gasteiger partial charge in [0.25, 0.3) is 0 Å². The van der Waals surface area contributed by atoms with E-state index in [1.165, 1.54) is 0 Å². The number of hydrogen-bond donors (Lipinski definition) is 1. The maximum atomic E-state index is 11.3. The quantitative estimate of drug-likeness (QED) is 0.361. The molecule has 2 aromatic heterocycles. The van der Waals surface area contributed by atoms with E-state index in [0.717, 1.165) is 57.7 Å². The van der Waals surface area contributed by atoms with Crippen LogP contribution in [0.4, 0.5) is 5.13 Å². The van der Waals surface area contributed by atoms with Crippen LogP contribution >= 0.6 is 11.3 Å². The van der Waals surface area contributed by atoms with Gasteiger partial charge in [0.2, 0.25) is 0 Å². The van der Waals surface area contributed by atoms with Crippen LogP contribution in [-0.4, -0.2) is 33.6 Å². The minimum atomic E-state index is -0.773. The van der Waals surface area contributed by atoms with Crippen molar-refractivity contribution in [3.63, 3.8) is 0 Å². The molecule has 6 nitrogen and oxygen atoms in total. The first-order valence-corrected chi connectivity index (χ1v) is 11.7. The van der Waals surface area contributed by atoms with Crippen LogP contribution in [-0.2, 0) is 4.79 Å². The van der Waals surface area contributed by atoms with E-state index in [1.807, 2.05) is 72.9 Å². The summed E-state index contributed by atoms with van der Waals surface area (Å²) in [5, 5.41) is 10.2. The van der Waals surface area contributed by atoms with Crippen molar-refractivity contribution >= 4 is 22.4 Å². The van der Waals surface area contributed by atoms with E-state index < -0.39 is 5.97 Å². The van der Waals surface area contributed by atoms with E-state index in [4.69, 9.17) is 9.72 Å². The van der Waals surface area contributed by atoms with Crippen LogP contribution in [0.3, 0.4) is 0 Å². The summed E-state index contributed by atoms with van der Waals surface area (Å²) in [5.74, 6) is 0.769. The Labute approximate surface area is 196 Å². The summed E-state index contributed by atoms with van der Waals surface area (Å²) < 4.78 is 5.93. The zero-order valence-corrected chi connectivity index (χ0v) is 18.7. The highest BCUT2D eigenvalue weighted by molar-refractivity contribution is 7.19. The van der Waals surface area contributed by atoms with Gasteiger partial charge in [-0.15, -0.1) is 0 Å². The van der Waals surface area contributed by atoms with Crippen molar-refractivity contribution in [1.29, 1.82) is 0 Å². The van der Waals surface area contributed by atoms with Crippen molar-refractivity contribution in [2.75, 3.05) is 11.4 Å². The number of carbonyl (C=O) groups is 1. The highest BCUT2D eigenvalue weighted by atomic mass is 32.1. The van der Waals surface area contributed by atoms with Crippen molar-refractivity contribution in [1.82, 2.24) is 9.97 Å². The maximum Gasteiger partial charge on any atom is 0.305 e. The van der Waals surface area contributed by atoms with Gasteiger partial charge in [-0.2, -0.15) is 0 Å². The van der Waals surface area contributed by atoms with Crippen LogP contribution in [0.15, 0.2) is 79.1 Å². The summed E-state index contributed by atoms with van der Waals surface area (Å²) in [5.41, 5.74) is 2.84. The molecule has 1 aliphatic heterocycles. The molecule has 166 valence electrons. The number of nitrogens with zero attached hydrogens (tertiary/aromatic N) is 3. The lowest BCUT2D eigenvalue weighted by molar-refractivity contribution is -0.137. The number of carboxylic acid groups (broad SMARTS) is 1. The molecule has 3 heterocycles. The number of anilines is 1. The molecule has 0 amide bonds. The monoisotopic (exact) mass is 457 g/mol. The van der Waals surface area contributed by atoms with Crippen LogP contribution in [0.25, 0.3) is 21.7 Å². The van der Waals surface area contributed by atoms with E-state index >= 15 is 0 Å². The fourth-order valence-corrected chi connectivity index (χ4v) is 5.30. The first kappa shape index (κ1) is 21.2. The summed E-state index contributed by atoms with van der Waals surface area (Å²) in [6.45, 7) is 0.821. The van der Waals surface area contributed by atoms with Gasteiger partial charge in [0.1, 0.15) is 11.5 Å². The predicted molar refractivity (Wildman–Crippen MR) is 130 cm³/mol. The van der Waals surface area contributed by atoms with Crippen molar-refractivity contribution in [2.24, 2.45) is 0 Å². The van der Waals surface area contributed by atoms with Gasteiger partial charge in [-0.1, -0.05) is 35.6 Å². The minimum absolute atomic E-state index is 0.0232. The van der Waals surface area contributed by atoms with Crippen molar-refractivity contribution in [3.8, 4) is 33.2 Å². The Balaban J connectivity index is 1.49. The van der Waals surface area contributed by atoms with E-state index in [1.54, 1.807) is 17.5 Å². The molecule has 1 atom stereocenters. The molecule has 0 saturated carbocycles. The molecule has 7 heteroatoms. The van der Waals surface area contributed by atoms with Crippen LogP contribution in [0.5, 0.6) is 11.5 Å². The SMILES string of the molecule is O=C(O)CC1CCCN1c1nc(-c2ccc(Oc3ccccc3)cc2)c(-c2cccnc2)s1. The lowest BCUT2D eigenvalue weighted by atomic mass is 10.1. The minimum Gasteiger partial charge on any atom is -0.481 e. The fourth-order valence-electron chi connectivity index (χ4n) is 4.13. The Morgan fingerprint density at radius 1 is 1.03 bits per heavy atom. The number of carboxylic acids is 1. The second kappa shape index (κ2) is 9.42. The third-order valence-corrected chi connectivity index (χ3v) is 6.82. The Kier molecular flexibility index (Phi) is 6.04. The number of pyridine rings is 1. The van der Waals surface area contributed by atoms with Gasteiger partial charge in [0.15, 0.2) is 5.13 Å². The molecule has 2 aromatic carbocycles. The molecule has 0 aliphatic carbocycles. The molecule has 1 unspecified atom stereocenters. The molecule has 1 N–H and O–H groups in total. The number of benzene rings is 2. The molecule has 1 fully saturated rings. The molecule has 0 spiro atoms. The highest BCUT2D eigenvalue weighted by Gasteiger charge is 2.30. The zero-order valence-electron chi connectivity index (χ0n) is 17.9. The van der Waals surface area contributed by atoms with Gasteiger partial charge in [0.05, 0.1) is 17.0 Å². The van der Waals surface area contributed by atoms with Gasteiger partial charge in [0, 0.05) is 36.1 Å². The van der Waals surface area contributed by atoms with E-state index in [0.29, 0.717) is 0 Å². The summed E-state index contributed by atoms with van der Waals surface area (Å²) in [6.07, 6.45) is 5.56. The summed E-state index contributed by atoms with van der Waals surface area (Å²) in [6, 6.07) is 21.5. The van der Waals surface area contributed by atoms with E-state index in [9.17, 15) is 9.90 Å². The molecule has 0 radical (unpaired) electrons. The second-order valence-electron chi connectivity index (χ2n) is 7.94. The number of thiazole rings is 1. The Bertz CT molecular complexity index is 1230. The fraction of sp³-hybridized carbons (Fsp3) is 0.192. The van der Waals surface area contributed by atoms with Gasteiger partial charge < -0.3 is 14.7 Å². The van der Waals surface area contributed by atoms with E-state index in [2.05, 4.69) is 9.88 Å². The average Bonchev–Trinajstić information content (AvgIpc) is 3.48. The lowest BCUT2D eigenvalue weighted by Crippen LogP contribution is -2.31. The number of aliphatic carboxylic acids is 1. The molecule has 5 rings (SSSR count). The highest BCUT2D eigenvalue weighted by Crippen LogP contribution is 2.42.